The first-order valence-electron chi connectivity index (χ1n) is 3.65. The van der Waals surface area contributed by atoms with Crippen LogP contribution in [0.3, 0.4) is 0 Å². The van der Waals surface area contributed by atoms with E-state index in [-0.39, 0.29) is 20.7 Å². The van der Waals surface area contributed by atoms with Gasteiger partial charge in [0.15, 0.2) is 0 Å². The number of nitrogens with zero attached hydrogens (tertiary/aromatic N) is 1. The summed E-state index contributed by atoms with van der Waals surface area (Å²) < 4.78 is 0. The Morgan fingerprint density at radius 3 is 2.69 bits per heavy atom. The molecule has 0 aromatic heterocycles. The van der Waals surface area contributed by atoms with Crippen molar-refractivity contribution in [2.75, 3.05) is 0 Å². The second kappa shape index (κ2) is 5.31. The summed E-state index contributed by atoms with van der Waals surface area (Å²) in [5.41, 5.74) is 0.660. The summed E-state index contributed by atoms with van der Waals surface area (Å²) in [6.07, 6.45) is 1.46. The molecule has 0 heterocycles. The number of hydrogen-bond acceptors (Lipinski definition) is 2. The molecule has 0 fully saturated rings. The molecular weight excluding hydrogens is 229 g/mol. The third kappa shape index (κ3) is 3.25. The standard InChI is InChI=1S/C10H7NOSe/c11-8-13-7-6-10(12)9-4-2-1-3-5-9/h1-7H/b7-6-. The molecule has 64 valence electrons. The SMILES string of the molecule is N#C[Se]/C=C\C(=O)c1ccccc1. The van der Waals surface area contributed by atoms with Crippen molar-refractivity contribution in [3.63, 3.8) is 0 Å². The number of allylic oxidation sites excluding steroid dienone is 1. The van der Waals surface area contributed by atoms with Gasteiger partial charge >= 0.3 is 82.7 Å². The van der Waals surface area contributed by atoms with E-state index in [0.29, 0.717) is 5.56 Å². The van der Waals surface area contributed by atoms with Crippen LogP contribution in [0.4, 0.5) is 0 Å². The van der Waals surface area contributed by atoms with Crippen LogP contribution >= 0.6 is 0 Å². The van der Waals surface area contributed by atoms with Crippen LogP contribution in [0.1, 0.15) is 10.4 Å². The molecular formula is C10H7NOSe. The molecule has 0 unspecified atom stereocenters. The molecule has 0 aliphatic heterocycles. The predicted octanol–water partition coefficient (Wildman–Crippen LogP) is 1.57. The topological polar surface area (TPSA) is 40.9 Å². The van der Waals surface area contributed by atoms with E-state index < -0.39 is 0 Å². The van der Waals surface area contributed by atoms with Crippen molar-refractivity contribution >= 4 is 20.7 Å². The second-order valence-electron chi connectivity index (χ2n) is 2.24. The third-order valence-electron chi connectivity index (χ3n) is 1.40. The summed E-state index contributed by atoms with van der Waals surface area (Å²) in [4.78, 5) is 15.0. The van der Waals surface area contributed by atoms with Gasteiger partial charge in [-0.25, -0.2) is 0 Å². The molecule has 0 spiro atoms. The molecule has 2 nitrogen and oxygen atoms in total. The van der Waals surface area contributed by atoms with Crippen LogP contribution in [0.2, 0.25) is 0 Å². The van der Waals surface area contributed by atoms with Crippen molar-refractivity contribution in [1.29, 1.82) is 5.26 Å². The second-order valence-corrected chi connectivity index (χ2v) is 3.69. The number of rotatable bonds is 3. The Balaban J connectivity index is 2.66. The molecule has 0 radical (unpaired) electrons. The first-order chi connectivity index (χ1) is 6.34. The fourth-order valence-corrected chi connectivity index (χ4v) is 1.35. The molecule has 0 saturated heterocycles. The summed E-state index contributed by atoms with van der Waals surface area (Å²) in [5.74, 6) is -0.0438. The molecule has 0 bridgehead atoms. The Bertz CT molecular complexity index is 351. The van der Waals surface area contributed by atoms with Crippen LogP contribution in [0.15, 0.2) is 41.4 Å². The predicted molar refractivity (Wildman–Crippen MR) is 51.3 cm³/mol. The minimum absolute atomic E-state index is 0.0438. The van der Waals surface area contributed by atoms with Gasteiger partial charge < -0.3 is 0 Å². The van der Waals surface area contributed by atoms with Crippen molar-refractivity contribution in [2.45, 2.75) is 0 Å². The van der Waals surface area contributed by atoms with E-state index in [2.05, 4.69) is 0 Å². The van der Waals surface area contributed by atoms with Gasteiger partial charge in [0, 0.05) is 0 Å². The molecule has 0 saturated carbocycles. The zero-order chi connectivity index (χ0) is 9.52. The minimum atomic E-state index is -0.218. The molecule has 0 aliphatic rings. The van der Waals surface area contributed by atoms with Gasteiger partial charge in [0.25, 0.3) is 0 Å². The summed E-state index contributed by atoms with van der Waals surface area (Å²) in [6.45, 7) is 0. The van der Waals surface area contributed by atoms with E-state index in [9.17, 15) is 4.79 Å². The van der Waals surface area contributed by atoms with Crippen molar-refractivity contribution in [3.8, 4) is 4.97 Å². The van der Waals surface area contributed by atoms with E-state index in [1.54, 1.807) is 17.1 Å². The fourth-order valence-electron chi connectivity index (χ4n) is 0.825. The summed E-state index contributed by atoms with van der Waals surface area (Å²) in [7, 11) is 0. The zero-order valence-electron chi connectivity index (χ0n) is 6.81. The molecule has 1 aromatic carbocycles. The van der Waals surface area contributed by atoms with Crippen molar-refractivity contribution in [3.05, 3.63) is 46.9 Å². The number of carbonyl (C=O) groups excluding carboxylic acids is 1. The maximum atomic E-state index is 11.3. The van der Waals surface area contributed by atoms with Crippen molar-refractivity contribution < 1.29 is 4.79 Å². The Labute approximate surface area is 83.0 Å². The molecule has 1 aromatic rings. The number of hydrogen-bond donors (Lipinski definition) is 0. The zero-order valence-corrected chi connectivity index (χ0v) is 8.52. The molecule has 3 heteroatoms. The molecule has 0 N–H and O–H groups in total. The summed E-state index contributed by atoms with van der Waals surface area (Å²) in [5, 5.41) is 8.26. The number of benzene rings is 1. The van der Waals surface area contributed by atoms with Gasteiger partial charge in [-0.1, -0.05) is 0 Å². The molecule has 0 amide bonds. The molecule has 0 aliphatic carbocycles. The molecule has 0 atom stereocenters. The Hall–Kier alpha value is -1.36. The average Bonchev–Trinajstić information content (AvgIpc) is 2.19. The van der Waals surface area contributed by atoms with E-state index in [4.69, 9.17) is 5.26 Å². The van der Waals surface area contributed by atoms with Crippen LogP contribution in [-0.4, -0.2) is 20.7 Å². The quantitative estimate of drug-likeness (QED) is 0.454. The van der Waals surface area contributed by atoms with Crippen LogP contribution in [0, 0.1) is 10.2 Å². The maximum absolute atomic E-state index is 11.3. The normalized spacial score (nSPS) is 9.77. The molecule has 13 heavy (non-hydrogen) atoms. The van der Waals surface area contributed by atoms with Crippen LogP contribution in [0.5, 0.6) is 0 Å². The van der Waals surface area contributed by atoms with Crippen LogP contribution in [-0.2, 0) is 0 Å². The fraction of sp³-hybridized carbons (Fsp3) is 0. The van der Waals surface area contributed by atoms with Crippen molar-refractivity contribution in [2.24, 2.45) is 0 Å². The van der Waals surface area contributed by atoms with E-state index >= 15 is 0 Å². The van der Waals surface area contributed by atoms with E-state index in [0.717, 1.165) is 0 Å². The third-order valence-corrected chi connectivity index (χ3v) is 2.19. The Morgan fingerprint density at radius 2 is 2.08 bits per heavy atom. The van der Waals surface area contributed by atoms with Gasteiger partial charge in [-0.15, -0.1) is 0 Å². The van der Waals surface area contributed by atoms with Crippen LogP contribution in [0.25, 0.3) is 0 Å². The van der Waals surface area contributed by atoms with Gasteiger partial charge in [0.2, 0.25) is 0 Å². The monoisotopic (exact) mass is 237 g/mol. The first kappa shape index (κ1) is 9.73. The van der Waals surface area contributed by atoms with Gasteiger partial charge in [-0.3, -0.25) is 0 Å². The van der Waals surface area contributed by atoms with E-state index in [1.807, 2.05) is 23.2 Å². The Morgan fingerprint density at radius 1 is 1.38 bits per heavy atom. The Kier molecular flexibility index (Phi) is 3.98. The number of ketones is 1. The van der Waals surface area contributed by atoms with Gasteiger partial charge in [0.1, 0.15) is 0 Å². The average molecular weight is 236 g/mol. The molecule has 1 rings (SSSR count). The van der Waals surface area contributed by atoms with Gasteiger partial charge in [-0.05, 0) is 0 Å². The first-order valence-corrected chi connectivity index (χ1v) is 5.50. The van der Waals surface area contributed by atoms with Crippen molar-refractivity contribution in [1.82, 2.24) is 0 Å². The summed E-state index contributed by atoms with van der Waals surface area (Å²) in [6, 6.07) is 9.00. The summed E-state index contributed by atoms with van der Waals surface area (Å²) >= 11 is -0.218. The van der Waals surface area contributed by atoms with Gasteiger partial charge in [0.05, 0.1) is 0 Å². The van der Waals surface area contributed by atoms with Crippen LogP contribution < -0.4 is 0 Å². The number of nitriles is 1. The number of carbonyl (C=O) groups is 1. The van der Waals surface area contributed by atoms with E-state index in [1.165, 1.54) is 6.08 Å². The van der Waals surface area contributed by atoms with Gasteiger partial charge in [-0.2, -0.15) is 0 Å².